The summed E-state index contributed by atoms with van der Waals surface area (Å²) in [5.41, 5.74) is 3.49. The van der Waals surface area contributed by atoms with E-state index in [9.17, 15) is 5.11 Å². The summed E-state index contributed by atoms with van der Waals surface area (Å²) in [7, 11) is 0. The second-order valence-corrected chi connectivity index (χ2v) is 5.23. The van der Waals surface area contributed by atoms with Crippen LogP contribution in [0.15, 0.2) is 12.1 Å². The van der Waals surface area contributed by atoms with Gasteiger partial charge in [0.15, 0.2) is 0 Å². The Bertz CT molecular complexity index is 385. The minimum atomic E-state index is -0.437. The van der Waals surface area contributed by atoms with Crippen LogP contribution in [0.1, 0.15) is 23.1 Å². The van der Waals surface area contributed by atoms with Crippen molar-refractivity contribution in [2.45, 2.75) is 33.3 Å². The van der Waals surface area contributed by atoms with Crippen molar-refractivity contribution >= 4 is 0 Å². The van der Waals surface area contributed by atoms with Crippen LogP contribution in [0.2, 0.25) is 0 Å². The first-order chi connectivity index (χ1) is 8.58. The number of hydrogen-bond donors (Lipinski definition) is 1. The van der Waals surface area contributed by atoms with E-state index in [0.717, 1.165) is 29.9 Å². The van der Waals surface area contributed by atoms with Gasteiger partial charge in [-0.3, -0.25) is 0 Å². The molecule has 0 amide bonds. The van der Waals surface area contributed by atoms with Gasteiger partial charge < -0.3 is 14.6 Å². The van der Waals surface area contributed by atoms with Crippen molar-refractivity contribution in [1.29, 1.82) is 0 Å². The molecule has 2 rings (SSSR count). The minimum absolute atomic E-state index is 0.219. The predicted molar refractivity (Wildman–Crippen MR) is 71.1 cm³/mol. The van der Waals surface area contributed by atoms with Crippen LogP contribution in [0.5, 0.6) is 5.75 Å². The molecule has 0 spiro atoms. The number of rotatable bonds is 4. The molecule has 0 saturated carbocycles. The summed E-state index contributed by atoms with van der Waals surface area (Å²) >= 11 is 0. The van der Waals surface area contributed by atoms with Crippen molar-refractivity contribution in [2.24, 2.45) is 5.92 Å². The molecule has 1 saturated heterocycles. The van der Waals surface area contributed by atoms with Crippen LogP contribution in [-0.2, 0) is 4.74 Å². The minimum Gasteiger partial charge on any atom is -0.490 e. The summed E-state index contributed by atoms with van der Waals surface area (Å²) < 4.78 is 11.1. The first-order valence-electron chi connectivity index (χ1n) is 6.54. The number of aliphatic hydroxyl groups is 1. The zero-order valence-electron chi connectivity index (χ0n) is 11.4. The number of hydrogen-bond acceptors (Lipinski definition) is 3. The summed E-state index contributed by atoms with van der Waals surface area (Å²) in [4.78, 5) is 0. The Labute approximate surface area is 109 Å². The predicted octanol–water partition coefficient (Wildman–Crippen LogP) is 2.39. The Kier molecular flexibility index (Phi) is 4.25. The molecule has 0 bridgehead atoms. The topological polar surface area (TPSA) is 38.7 Å². The monoisotopic (exact) mass is 250 g/mol. The molecule has 0 radical (unpaired) electrons. The fourth-order valence-corrected chi connectivity index (χ4v) is 2.56. The molecule has 3 nitrogen and oxygen atoms in total. The molecule has 3 heteroatoms. The standard InChI is InChI=1S/C15H22O3/c1-10-6-11(2)15(12(3)7-10)18-9-14(16)13-4-5-17-8-13/h6-7,13-14,16H,4-5,8-9H2,1-3H3. The first-order valence-corrected chi connectivity index (χ1v) is 6.54. The fourth-order valence-electron chi connectivity index (χ4n) is 2.56. The summed E-state index contributed by atoms with van der Waals surface area (Å²) in [6.07, 6.45) is 0.490. The Hall–Kier alpha value is -1.06. The molecular weight excluding hydrogens is 228 g/mol. The normalized spacial score (nSPS) is 21.0. The second-order valence-electron chi connectivity index (χ2n) is 5.23. The van der Waals surface area contributed by atoms with Crippen molar-refractivity contribution < 1.29 is 14.6 Å². The Morgan fingerprint density at radius 3 is 2.56 bits per heavy atom. The van der Waals surface area contributed by atoms with Crippen LogP contribution in [-0.4, -0.2) is 31.0 Å². The molecule has 1 heterocycles. The molecule has 1 aliphatic rings. The Balaban J connectivity index is 1.97. The number of aryl methyl sites for hydroxylation is 3. The lowest BCUT2D eigenvalue weighted by Crippen LogP contribution is -2.27. The molecule has 1 aromatic rings. The van der Waals surface area contributed by atoms with Crippen LogP contribution in [0.4, 0.5) is 0 Å². The van der Waals surface area contributed by atoms with Gasteiger partial charge in [0.25, 0.3) is 0 Å². The fraction of sp³-hybridized carbons (Fsp3) is 0.600. The van der Waals surface area contributed by atoms with Crippen molar-refractivity contribution in [3.8, 4) is 5.75 Å². The highest BCUT2D eigenvalue weighted by molar-refractivity contribution is 5.42. The molecule has 1 N–H and O–H groups in total. The first kappa shape index (κ1) is 13.4. The van der Waals surface area contributed by atoms with E-state index in [-0.39, 0.29) is 5.92 Å². The lowest BCUT2D eigenvalue weighted by atomic mass is 10.0. The van der Waals surface area contributed by atoms with E-state index in [0.29, 0.717) is 13.2 Å². The van der Waals surface area contributed by atoms with Gasteiger partial charge in [-0.25, -0.2) is 0 Å². The zero-order chi connectivity index (χ0) is 13.1. The Morgan fingerprint density at radius 1 is 1.33 bits per heavy atom. The highest BCUT2D eigenvalue weighted by Gasteiger charge is 2.24. The molecule has 2 atom stereocenters. The van der Waals surface area contributed by atoms with Crippen molar-refractivity contribution in [3.63, 3.8) is 0 Å². The Morgan fingerprint density at radius 2 is 2.00 bits per heavy atom. The van der Waals surface area contributed by atoms with Gasteiger partial charge in [-0.2, -0.15) is 0 Å². The molecule has 1 aromatic carbocycles. The highest BCUT2D eigenvalue weighted by Crippen LogP contribution is 2.25. The molecule has 1 aliphatic heterocycles. The maximum absolute atomic E-state index is 10.0. The third-order valence-electron chi connectivity index (χ3n) is 3.51. The van der Waals surface area contributed by atoms with E-state index in [1.165, 1.54) is 5.56 Å². The van der Waals surface area contributed by atoms with Crippen molar-refractivity contribution in [3.05, 3.63) is 28.8 Å². The van der Waals surface area contributed by atoms with Gasteiger partial charge in [-0.05, 0) is 38.3 Å². The number of ether oxygens (including phenoxy) is 2. The molecule has 0 aromatic heterocycles. The van der Waals surface area contributed by atoms with E-state index >= 15 is 0 Å². The smallest absolute Gasteiger partial charge is 0.125 e. The third kappa shape index (κ3) is 3.03. The van der Waals surface area contributed by atoms with Gasteiger partial charge in [0, 0.05) is 12.5 Å². The van der Waals surface area contributed by atoms with Crippen molar-refractivity contribution in [1.82, 2.24) is 0 Å². The van der Waals surface area contributed by atoms with E-state index in [1.807, 2.05) is 13.8 Å². The largest absolute Gasteiger partial charge is 0.490 e. The molecule has 0 aliphatic carbocycles. The summed E-state index contributed by atoms with van der Waals surface area (Å²) in [5, 5.41) is 10.0. The van der Waals surface area contributed by atoms with Crippen LogP contribution >= 0.6 is 0 Å². The average molecular weight is 250 g/mol. The van der Waals surface area contributed by atoms with Crippen LogP contribution in [0.25, 0.3) is 0 Å². The lowest BCUT2D eigenvalue weighted by Gasteiger charge is -2.19. The maximum atomic E-state index is 10.0. The van der Waals surface area contributed by atoms with Crippen LogP contribution in [0, 0.1) is 26.7 Å². The van der Waals surface area contributed by atoms with Gasteiger partial charge in [0.05, 0.1) is 12.7 Å². The van der Waals surface area contributed by atoms with Crippen LogP contribution in [0.3, 0.4) is 0 Å². The highest BCUT2D eigenvalue weighted by atomic mass is 16.5. The summed E-state index contributed by atoms with van der Waals surface area (Å²) in [5.74, 6) is 1.12. The van der Waals surface area contributed by atoms with Crippen molar-refractivity contribution in [2.75, 3.05) is 19.8 Å². The molecule has 100 valence electrons. The second kappa shape index (κ2) is 5.72. The SMILES string of the molecule is Cc1cc(C)c(OCC(O)C2CCOC2)c(C)c1. The van der Waals surface area contributed by atoms with Gasteiger partial charge in [-0.1, -0.05) is 17.7 Å². The van der Waals surface area contributed by atoms with E-state index in [4.69, 9.17) is 9.47 Å². The molecule has 2 unspecified atom stereocenters. The third-order valence-corrected chi connectivity index (χ3v) is 3.51. The molecule has 1 fully saturated rings. The zero-order valence-corrected chi connectivity index (χ0v) is 11.4. The quantitative estimate of drug-likeness (QED) is 0.891. The maximum Gasteiger partial charge on any atom is 0.125 e. The van der Waals surface area contributed by atoms with E-state index in [1.54, 1.807) is 0 Å². The van der Waals surface area contributed by atoms with Gasteiger partial charge in [0.1, 0.15) is 12.4 Å². The van der Waals surface area contributed by atoms with E-state index < -0.39 is 6.10 Å². The van der Waals surface area contributed by atoms with Crippen LogP contribution < -0.4 is 4.74 Å². The van der Waals surface area contributed by atoms with Gasteiger partial charge >= 0.3 is 0 Å². The summed E-state index contributed by atoms with van der Waals surface area (Å²) in [6.45, 7) is 7.91. The number of aliphatic hydroxyl groups excluding tert-OH is 1. The molecule has 18 heavy (non-hydrogen) atoms. The van der Waals surface area contributed by atoms with Gasteiger partial charge in [0.2, 0.25) is 0 Å². The number of benzene rings is 1. The van der Waals surface area contributed by atoms with E-state index in [2.05, 4.69) is 19.1 Å². The van der Waals surface area contributed by atoms with Gasteiger partial charge in [-0.15, -0.1) is 0 Å². The average Bonchev–Trinajstić information content (AvgIpc) is 2.80. The summed E-state index contributed by atoms with van der Waals surface area (Å²) in [6, 6.07) is 4.21. The lowest BCUT2D eigenvalue weighted by molar-refractivity contribution is 0.0495. The molecular formula is C15H22O3.